The molecule has 2 aromatic carbocycles. The lowest BCUT2D eigenvalue weighted by Crippen LogP contribution is -2.25. The van der Waals surface area contributed by atoms with E-state index in [1.165, 1.54) is 16.5 Å². The molecular weight excluding hydrogens is 254 g/mol. The number of hydrogen-bond donors (Lipinski definition) is 1. The summed E-state index contributed by atoms with van der Waals surface area (Å²) in [6.45, 7) is 4.27. The van der Waals surface area contributed by atoms with E-state index < -0.39 is 0 Å². The molecule has 0 saturated heterocycles. The van der Waals surface area contributed by atoms with Crippen molar-refractivity contribution in [2.75, 3.05) is 0 Å². The molecule has 0 bridgehead atoms. The third-order valence-electron chi connectivity index (χ3n) is 4.36. The quantitative estimate of drug-likeness (QED) is 0.659. The van der Waals surface area contributed by atoms with Gasteiger partial charge >= 0.3 is 0 Å². The van der Waals surface area contributed by atoms with Crippen LogP contribution >= 0.6 is 0 Å². The van der Waals surface area contributed by atoms with Crippen LogP contribution in [0.15, 0.2) is 54.6 Å². The second kappa shape index (κ2) is 5.14. The molecule has 1 heteroatoms. The van der Waals surface area contributed by atoms with Gasteiger partial charge in [0, 0.05) is 22.2 Å². The van der Waals surface area contributed by atoms with Gasteiger partial charge in [-0.2, -0.15) is 0 Å². The van der Waals surface area contributed by atoms with Crippen molar-refractivity contribution in [3.63, 3.8) is 0 Å². The Kier molecular flexibility index (Phi) is 3.31. The Labute approximate surface area is 126 Å². The van der Waals surface area contributed by atoms with Crippen LogP contribution in [0.25, 0.3) is 10.9 Å². The number of aromatic amines is 1. The minimum Gasteiger partial charge on any atom is -0.358 e. The van der Waals surface area contributed by atoms with Crippen LogP contribution in [0, 0.1) is 19.3 Å². The maximum Gasteiger partial charge on any atom is 0.0829 e. The van der Waals surface area contributed by atoms with Crippen LogP contribution in [-0.2, 0) is 5.41 Å². The van der Waals surface area contributed by atoms with Gasteiger partial charge in [0.25, 0.3) is 0 Å². The van der Waals surface area contributed by atoms with E-state index in [1.807, 2.05) is 12.1 Å². The number of fused-ring (bicyclic) bond motifs is 1. The smallest absolute Gasteiger partial charge is 0.0829 e. The summed E-state index contributed by atoms with van der Waals surface area (Å²) in [6.07, 6.45) is 6.91. The number of aromatic nitrogens is 1. The first-order valence-electron chi connectivity index (χ1n) is 7.34. The minimum absolute atomic E-state index is 0.384. The Morgan fingerprint density at radius 1 is 1.05 bits per heavy atom. The van der Waals surface area contributed by atoms with E-state index in [1.54, 1.807) is 0 Å². The highest BCUT2D eigenvalue weighted by Gasteiger charge is 2.34. The third kappa shape index (κ3) is 1.96. The van der Waals surface area contributed by atoms with E-state index in [4.69, 9.17) is 6.42 Å². The molecule has 0 spiro atoms. The number of benzene rings is 2. The molecular formula is C20H19N. The number of hydrogen-bond acceptors (Lipinski definition) is 0. The summed E-state index contributed by atoms with van der Waals surface area (Å²) in [5.41, 5.74) is 4.33. The fourth-order valence-corrected chi connectivity index (χ4v) is 3.33. The SMILES string of the molecule is C#CC(CC)(c1ccccc1)c1c(C)[nH]c2ccccc12. The zero-order valence-corrected chi connectivity index (χ0v) is 12.5. The van der Waals surface area contributed by atoms with Gasteiger partial charge in [-0.05, 0) is 25.0 Å². The molecule has 1 heterocycles. The van der Waals surface area contributed by atoms with E-state index in [0.29, 0.717) is 0 Å². The van der Waals surface area contributed by atoms with Gasteiger partial charge in [-0.25, -0.2) is 0 Å². The Hall–Kier alpha value is -2.46. The number of para-hydroxylation sites is 1. The molecule has 104 valence electrons. The van der Waals surface area contributed by atoms with E-state index in [2.05, 4.69) is 67.2 Å². The van der Waals surface area contributed by atoms with Crippen molar-refractivity contribution in [3.05, 3.63) is 71.4 Å². The predicted molar refractivity (Wildman–Crippen MR) is 89.4 cm³/mol. The molecule has 0 aliphatic heterocycles. The lowest BCUT2D eigenvalue weighted by Gasteiger charge is -2.29. The Morgan fingerprint density at radius 2 is 1.71 bits per heavy atom. The van der Waals surface area contributed by atoms with Crippen LogP contribution in [-0.4, -0.2) is 4.98 Å². The van der Waals surface area contributed by atoms with Crippen LogP contribution in [0.3, 0.4) is 0 Å². The van der Waals surface area contributed by atoms with Gasteiger partial charge in [0.2, 0.25) is 0 Å². The molecule has 0 aliphatic rings. The lowest BCUT2D eigenvalue weighted by atomic mass is 9.72. The number of nitrogens with one attached hydrogen (secondary N) is 1. The summed E-state index contributed by atoms with van der Waals surface area (Å²) in [6, 6.07) is 18.8. The van der Waals surface area contributed by atoms with Crippen LogP contribution in [0.4, 0.5) is 0 Å². The van der Waals surface area contributed by atoms with Gasteiger partial charge in [-0.3, -0.25) is 0 Å². The molecule has 0 radical (unpaired) electrons. The van der Waals surface area contributed by atoms with E-state index in [9.17, 15) is 0 Å². The van der Waals surface area contributed by atoms with Crippen molar-refractivity contribution in [3.8, 4) is 12.3 Å². The van der Waals surface area contributed by atoms with Crippen molar-refractivity contribution in [2.45, 2.75) is 25.7 Å². The maximum absolute atomic E-state index is 6.04. The molecule has 1 aromatic heterocycles. The summed E-state index contributed by atoms with van der Waals surface area (Å²) in [4.78, 5) is 3.48. The third-order valence-corrected chi connectivity index (χ3v) is 4.36. The van der Waals surface area contributed by atoms with Crippen molar-refractivity contribution in [1.82, 2.24) is 4.98 Å². The Bertz CT molecular complexity index is 805. The van der Waals surface area contributed by atoms with E-state index in [0.717, 1.165) is 17.6 Å². The van der Waals surface area contributed by atoms with Gasteiger partial charge in [0.05, 0.1) is 5.41 Å². The highest BCUT2D eigenvalue weighted by molar-refractivity contribution is 5.87. The van der Waals surface area contributed by atoms with Crippen molar-refractivity contribution >= 4 is 10.9 Å². The number of H-pyrrole nitrogens is 1. The zero-order valence-electron chi connectivity index (χ0n) is 12.5. The first-order valence-corrected chi connectivity index (χ1v) is 7.34. The second-order valence-electron chi connectivity index (χ2n) is 5.44. The lowest BCUT2D eigenvalue weighted by molar-refractivity contribution is 0.642. The van der Waals surface area contributed by atoms with Gasteiger partial charge in [-0.15, -0.1) is 6.42 Å². The monoisotopic (exact) mass is 273 g/mol. The largest absolute Gasteiger partial charge is 0.358 e. The Morgan fingerprint density at radius 3 is 2.38 bits per heavy atom. The maximum atomic E-state index is 6.04. The molecule has 0 amide bonds. The zero-order chi connectivity index (χ0) is 14.9. The first-order chi connectivity index (χ1) is 10.2. The average molecular weight is 273 g/mol. The van der Waals surface area contributed by atoms with E-state index in [-0.39, 0.29) is 5.41 Å². The molecule has 1 unspecified atom stereocenters. The fourth-order valence-electron chi connectivity index (χ4n) is 3.33. The number of rotatable bonds is 3. The average Bonchev–Trinajstić information content (AvgIpc) is 2.87. The predicted octanol–water partition coefficient (Wildman–Crippen LogP) is 4.81. The molecule has 0 saturated carbocycles. The molecule has 1 N–H and O–H groups in total. The number of aryl methyl sites for hydroxylation is 1. The van der Waals surface area contributed by atoms with Gasteiger partial charge in [0.15, 0.2) is 0 Å². The second-order valence-corrected chi connectivity index (χ2v) is 5.44. The summed E-state index contributed by atoms with van der Waals surface area (Å²) in [5.74, 6) is 3.10. The summed E-state index contributed by atoms with van der Waals surface area (Å²) in [7, 11) is 0. The topological polar surface area (TPSA) is 15.8 Å². The van der Waals surface area contributed by atoms with Crippen LogP contribution in [0.5, 0.6) is 0 Å². The summed E-state index contributed by atoms with van der Waals surface area (Å²) >= 11 is 0. The molecule has 3 aromatic rings. The van der Waals surface area contributed by atoms with Crippen LogP contribution in [0.2, 0.25) is 0 Å². The molecule has 21 heavy (non-hydrogen) atoms. The minimum atomic E-state index is -0.384. The van der Waals surface area contributed by atoms with Gasteiger partial charge in [0.1, 0.15) is 0 Å². The molecule has 1 atom stereocenters. The molecule has 1 nitrogen and oxygen atoms in total. The van der Waals surface area contributed by atoms with Crippen molar-refractivity contribution < 1.29 is 0 Å². The highest BCUT2D eigenvalue weighted by atomic mass is 14.7. The molecule has 0 aliphatic carbocycles. The van der Waals surface area contributed by atoms with E-state index >= 15 is 0 Å². The summed E-state index contributed by atoms with van der Waals surface area (Å²) < 4.78 is 0. The Balaban J connectivity index is 2.36. The highest BCUT2D eigenvalue weighted by Crippen LogP contribution is 2.40. The molecule has 3 rings (SSSR count). The first kappa shape index (κ1) is 13.5. The summed E-state index contributed by atoms with van der Waals surface area (Å²) in [5, 5.41) is 1.22. The van der Waals surface area contributed by atoms with Crippen LogP contribution in [0.1, 0.15) is 30.2 Å². The van der Waals surface area contributed by atoms with Crippen molar-refractivity contribution in [2.24, 2.45) is 0 Å². The normalized spacial score (nSPS) is 13.8. The standard InChI is InChI=1S/C20H19N/c1-4-20(5-2,16-11-7-6-8-12-16)19-15(3)21-18-14-10-9-13-17(18)19/h1,6-14,21H,5H2,2-3H3. The molecule has 0 fully saturated rings. The fraction of sp³-hybridized carbons (Fsp3) is 0.200. The van der Waals surface area contributed by atoms with Gasteiger partial charge < -0.3 is 4.98 Å². The van der Waals surface area contributed by atoms with Gasteiger partial charge in [-0.1, -0.05) is 61.4 Å². The number of terminal acetylenes is 1. The van der Waals surface area contributed by atoms with Crippen LogP contribution < -0.4 is 0 Å². The van der Waals surface area contributed by atoms with Crippen molar-refractivity contribution in [1.29, 1.82) is 0 Å².